The SMILES string of the molecule is COc1cccc(/C(O)=C2/C(=O)C(=O)N(c3ccc(OC(F)(F)F)cc3)C2c2cccc(OC)c2)c1. The fourth-order valence-corrected chi connectivity index (χ4v) is 3.96. The Bertz CT molecular complexity index is 1330. The minimum Gasteiger partial charge on any atom is -0.507 e. The standard InChI is InChI=1S/C26H20F3NO6/c1-34-19-7-3-5-15(13-19)22-21(23(31)16-6-4-8-20(14-16)35-2)24(32)25(33)30(22)17-9-11-18(12-10-17)36-26(27,28)29/h3-14,22,31H,1-2H3/b23-21-. The van der Waals surface area contributed by atoms with Gasteiger partial charge >= 0.3 is 6.36 Å². The smallest absolute Gasteiger partial charge is 0.507 e. The fourth-order valence-electron chi connectivity index (χ4n) is 3.96. The lowest BCUT2D eigenvalue weighted by Crippen LogP contribution is -2.29. The normalized spacial score (nSPS) is 17.2. The molecule has 1 atom stereocenters. The van der Waals surface area contributed by atoms with E-state index in [9.17, 15) is 27.9 Å². The number of hydrogen-bond acceptors (Lipinski definition) is 6. The molecular formula is C26H20F3NO6. The molecule has 1 aliphatic heterocycles. The van der Waals surface area contributed by atoms with Gasteiger partial charge in [0.15, 0.2) is 0 Å². The highest BCUT2D eigenvalue weighted by atomic mass is 19.4. The van der Waals surface area contributed by atoms with E-state index in [0.717, 1.165) is 17.0 Å². The molecule has 1 saturated heterocycles. The number of rotatable bonds is 6. The van der Waals surface area contributed by atoms with Crippen LogP contribution in [0.1, 0.15) is 17.2 Å². The van der Waals surface area contributed by atoms with Crippen LogP contribution in [0.2, 0.25) is 0 Å². The average Bonchev–Trinajstić information content (AvgIpc) is 3.13. The Morgan fingerprint density at radius 3 is 2.08 bits per heavy atom. The Kier molecular flexibility index (Phi) is 6.61. The quantitative estimate of drug-likeness (QED) is 0.284. The van der Waals surface area contributed by atoms with Gasteiger partial charge in [-0.25, -0.2) is 0 Å². The maximum absolute atomic E-state index is 13.2. The van der Waals surface area contributed by atoms with E-state index in [-0.39, 0.29) is 16.8 Å². The molecule has 4 rings (SSSR count). The summed E-state index contributed by atoms with van der Waals surface area (Å²) in [5, 5.41) is 11.2. The summed E-state index contributed by atoms with van der Waals surface area (Å²) in [5.41, 5.74) is 0.615. The summed E-state index contributed by atoms with van der Waals surface area (Å²) in [6.45, 7) is 0. The fraction of sp³-hybridized carbons (Fsp3) is 0.154. The van der Waals surface area contributed by atoms with E-state index in [0.29, 0.717) is 17.1 Å². The van der Waals surface area contributed by atoms with Gasteiger partial charge in [0.2, 0.25) is 0 Å². The molecule has 3 aromatic carbocycles. The zero-order chi connectivity index (χ0) is 26.0. The monoisotopic (exact) mass is 499 g/mol. The third-order valence-corrected chi connectivity index (χ3v) is 5.55. The summed E-state index contributed by atoms with van der Waals surface area (Å²) < 4.78 is 52.1. The summed E-state index contributed by atoms with van der Waals surface area (Å²) in [6, 6.07) is 16.3. The summed E-state index contributed by atoms with van der Waals surface area (Å²) in [7, 11) is 2.90. The molecule has 0 bridgehead atoms. The molecule has 1 unspecified atom stereocenters. The Morgan fingerprint density at radius 2 is 1.47 bits per heavy atom. The van der Waals surface area contributed by atoms with Gasteiger partial charge in [-0.3, -0.25) is 14.5 Å². The number of aliphatic hydroxyl groups excluding tert-OH is 1. The van der Waals surface area contributed by atoms with Crippen LogP contribution in [-0.4, -0.2) is 37.4 Å². The van der Waals surface area contributed by atoms with Crippen LogP contribution in [0.25, 0.3) is 5.76 Å². The van der Waals surface area contributed by atoms with Crippen molar-refractivity contribution in [3.8, 4) is 17.2 Å². The molecular weight excluding hydrogens is 479 g/mol. The molecule has 1 aliphatic rings. The number of hydrogen-bond donors (Lipinski definition) is 1. The number of benzene rings is 3. The van der Waals surface area contributed by atoms with E-state index in [2.05, 4.69) is 4.74 Å². The molecule has 1 heterocycles. The van der Waals surface area contributed by atoms with Gasteiger partial charge in [-0.05, 0) is 54.1 Å². The summed E-state index contributed by atoms with van der Waals surface area (Å²) in [6.07, 6.45) is -4.89. The second kappa shape index (κ2) is 9.65. The van der Waals surface area contributed by atoms with E-state index in [1.165, 1.54) is 32.4 Å². The Hall–Kier alpha value is -4.47. The molecule has 0 aliphatic carbocycles. The number of carbonyl (C=O) groups excluding carboxylic acids is 2. The molecule has 186 valence electrons. The van der Waals surface area contributed by atoms with Crippen molar-refractivity contribution in [3.05, 3.63) is 89.5 Å². The molecule has 0 saturated carbocycles. The number of ketones is 1. The number of halogens is 3. The van der Waals surface area contributed by atoms with E-state index in [1.807, 2.05) is 0 Å². The predicted octanol–water partition coefficient (Wildman–Crippen LogP) is 5.23. The Balaban J connectivity index is 1.87. The maximum Gasteiger partial charge on any atom is 0.573 e. The minimum absolute atomic E-state index is 0.129. The number of amides is 1. The number of carbonyl (C=O) groups is 2. The van der Waals surface area contributed by atoms with Gasteiger partial charge in [0.05, 0.1) is 25.8 Å². The number of Topliss-reactive ketones (excluding diaryl/α,β-unsaturated/α-hetero) is 1. The lowest BCUT2D eigenvalue weighted by molar-refractivity contribution is -0.274. The largest absolute Gasteiger partial charge is 0.573 e. The van der Waals surface area contributed by atoms with Crippen LogP contribution in [0.4, 0.5) is 18.9 Å². The Morgan fingerprint density at radius 1 is 0.861 bits per heavy atom. The van der Waals surface area contributed by atoms with E-state index >= 15 is 0 Å². The lowest BCUT2D eigenvalue weighted by Gasteiger charge is -2.26. The number of ether oxygens (including phenoxy) is 3. The average molecular weight is 499 g/mol. The number of anilines is 1. The molecule has 0 aromatic heterocycles. The van der Waals surface area contributed by atoms with Crippen molar-refractivity contribution < 1.29 is 42.1 Å². The third kappa shape index (κ3) is 4.83. The Labute approximate surface area is 203 Å². The second-order valence-electron chi connectivity index (χ2n) is 7.72. The molecule has 3 aromatic rings. The summed E-state index contributed by atoms with van der Waals surface area (Å²) in [4.78, 5) is 27.5. The first kappa shape index (κ1) is 24.6. The lowest BCUT2D eigenvalue weighted by atomic mass is 9.95. The van der Waals surface area contributed by atoms with Gasteiger partial charge in [0, 0.05) is 11.3 Å². The predicted molar refractivity (Wildman–Crippen MR) is 124 cm³/mol. The zero-order valence-corrected chi connectivity index (χ0v) is 19.1. The molecule has 7 nitrogen and oxygen atoms in total. The van der Waals surface area contributed by atoms with Gasteiger partial charge in [0.25, 0.3) is 11.7 Å². The first-order chi connectivity index (χ1) is 17.1. The topological polar surface area (TPSA) is 85.3 Å². The van der Waals surface area contributed by atoms with Crippen molar-refractivity contribution in [1.29, 1.82) is 0 Å². The highest BCUT2D eigenvalue weighted by Gasteiger charge is 2.47. The van der Waals surface area contributed by atoms with Crippen molar-refractivity contribution in [2.75, 3.05) is 19.1 Å². The second-order valence-corrected chi connectivity index (χ2v) is 7.72. The number of methoxy groups -OCH3 is 2. The number of aliphatic hydroxyl groups is 1. The van der Waals surface area contributed by atoms with Crippen molar-refractivity contribution in [2.45, 2.75) is 12.4 Å². The molecule has 10 heteroatoms. The molecule has 1 N–H and O–H groups in total. The minimum atomic E-state index is -4.89. The van der Waals surface area contributed by atoms with E-state index in [1.54, 1.807) is 42.5 Å². The highest BCUT2D eigenvalue weighted by Crippen LogP contribution is 2.43. The van der Waals surface area contributed by atoms with Gasteiger partial charge in [-0.2, -0.15) is 0 Å². The molecule has 36 heavy (non-hydrogen) atoms. The van der Waals surface area contributed by atoms with Gasteiger partial charge in [-0.15, -0.1) is 13.2 Å². The van der Waals surface area contributed by atoms with Crippen molar-refractivity contribution in [3.63, 3.8) is 0 Å². The van der Waals surface area contributed by atoms with Gasteiger partial charge in [-0.1, -0.05) is 24.3 Å². The van der Waals surface area contributed by atoms with Crippen LogP contribution in [0.3, 0.4) is 0 Å². The van der Waals surface area contributed by atoms with Gasteiger partial charge < -0.3 is 19.3 Å². The van der Waals surface area contributed by atoms with Crippen molar-refractivity contribution in [1.82, 2.24) is 0 Å². The van der Waals surface area contributed by atoms with E-state index < -0.39 is 35.6 Å². The summed E-state index contributed by atoms with van der Waals surface area (Å²) in [5.74, 6) is -1.98. The van der Waals surface area contributed by atoms with Crippen LogP contribution < -0.4 is 19.1 Å². The molecule has 1 amide bonds. The molecule has 1 fully saturated rings. The van der Waals surface area contributed by atoms with Crippen LogP contribution in [0, 0.1) is 0 Å². The maximum atomic E-state index is 13.2. The van der Waals surface area contributed by atoms with Crippen LogP contribution in [0.15, 0.2) is 78.4 Å². The first-order valence-corrected chi connectivity index (χ1v) is 10.6. The number of nitrogens with zero attached hydrogens (tertiary/aromatic N) is 1. The van der Waals surface area contributed by atoms with E-state index in [4.69, 9.17) is 9.47 Å². The van der Waals surface area contributed by atoms with Crippen molar-refractivity contribution in [2.24, 2.45) is 0 Å². The third-order valence-electron chi connectivity index (χ3n) is 5.55. The highest BCUT2D eigenvalue weighted by molar-refractivity contribution is 6.51. The molecule has 0 spiro atoms. The van der Waals surface area contributed by atoms with Crippen LogP contribution in [0.5, 0.6) is 17.2 Å². The van der Waals surface area contributed by atoms with Gasteiger partial charge in [0.1, 0.15) is 23.0 Å². The summed E-state index contributed by atoms with van der Waals surface area (Å²) >= 11 is 0. The molecule has 0 radical (unpaired) electrons. The zero-order valence-electron chi connectivity index (χ0n) is 19.1. The first-order valence-electron chi connectivity index (χ1n) is 10.6. The van der Waals surface area contributed by atoms with Crippen LogP contribution in [-0.2, 0) is 9.59 Å². The van der Waals surface area contributed by atoms with Crippen LogP contribution >= 0.6 is 0 Å². The van der Waals surface area contributed by atoms with Crippen molar-refractivity contribution >= 4 is 23.1 Å². The number of alkyl halides is 3.